The van der Waals surface area contributed by atoms with Gasteiger partial charge >= 0.3 is 0 Å². The minimum atomic E-state index is -0.207. The molecule has 2 N–H and O–H groups in total. The second-order valence-electron chi connectivity index (χ2n) is 3.96. The molecule has 16 heavy (non-hydrogen) atoms. The van der Waals surface area contributed by atoms with Crippen LogP contribution in [0.5, 0.6) is 0 Å². The molecule has 1 unspecified atom stereocenters. The van der Waals surface area contributed by atoms with Crippen LogP contribution in [-0.2, 0) is 9.59 Å². The van der Waals surface area contributed by atoms with E-state index in [0.717, 1.165) is 0 Å². The van der Waals surface area contributed by atoms with Crippen molar-refractivity contribution in [1.29, 1.82) is 0 Å². The van der Waals surface area contributed by atoms with Gasteiger partial charge in [0.1, 0.15) is 0 Å². The second kappa shape index (κ2) is 4.45. The van der Waals surface area contributed by atoms with Crippen molar-refractivity contribution < 1.29 is 9.59 Å². The zero-order valence-corrected chi connectivity index (χ0v) is 8.93. The van der Waals surface area contributed by atoms with Gasteiger partial charge in [-0.05, 0) is 18.6 Å². The monoisotopic (exact) mass is 218 g/mol. The number of hydrogen-bond donors (Lipinski definition) is 1. The number of hydrogen-bond acceptors (Lipinski definition) is 3. The first-order valence-electron chi connectivity index (χ1n) is 5.35. The Bertz CT molecular complexity index is 403. The first kappa shape index (κ1) is 10.8. The summed E-state index contributed by atoms with van der Waals surface area (Å²) in [6.07, 6.45) is 1.15. The van der Waals surface area contributed by atoms with Gasteiger partial charge in [0.25, 0.3) is 0 Å². The van der Waals surface area contributed by atoms with Crippen LogP contribution < -0.4 is 10.6 Å². The minimum Gasteiger partial charge on any atom is -0.327 e. The fraction of sp³-hybridized carbons (Fsp3) is 0.333. The molecular formula is C12H14N2O2. The van der Waals surface area contributed by atoms with Crippen molar-refractivity contribution in [2.45, 2.75) is 25.3 Å². The van der Waals surface area contributed by atoms with E-state index in [0.29, 0.717) is 18.5 Å². The molecule has 0 aliphatic carbocycles. The Morgan fingerprint density at radius 2 is 1.81 bits per heavy atom. The third kappa shape index (κ3) is 2.12. The van der Waals surface area contributed by atoms with Crippen LogP contribution in [0.2, 0.25) is 0 Å². The van der Waals surface area contributed by atoms with Crippen LogP contribution in [0.1, 0.15) is 19.3 Å². The van der Waals surface area contributed by atoms with Crippen molar-refractivity contribution in [3.63, 3.8) is 0 Å². The summed E-state index contributed by atoms with van der Waals surface area (Å²) in [7, 11) is 0. The van der Waals surface area contributed by atoms with E-state index >= 15 is 0 Å². The lowest BCUT2D eigenvalue weighted by atomic mass is 10.1. The van der Waals surface area contributed by atoms with E-state index in [1.165, 1.54) is 4.90 Å². The minimum absolute atomic E-state index is 0.163. The Morgan fingerprint density at radius 1 is 1.12 bits per heavy atom. The van der Waals surface area contributed by atoms with E-state index < -0.39 is 0 Å². The van der Waals surface area contributed by atoms with E-state index in [2.05, 4.69) is 0 Å². The highest BCUT2D eigenvalue weighted by molar-refractivity contribution is 6.15. The Hall–Kier alpha value is -1.68. The van der Waals surface area contributed by atoms with Gasteiger partial charge in [-0.25, -0.2) is 0 Å². The molecule has 1 aromatic carbocycles. The molecule has 0 aromatic heterocycles. The summed E-state index contributed by atoms with van der Waals surface area (Å²) in [4.78, 5) is 24.9. The summed E-state index contributed by atoms with van der Waals surface area (Å²) in [6, 6.07) is 8.77. The maximum absolute atomic E-state index is 11.9. The molecule has 4 heteroatoms. The number of anilines is 1. The molecule has 1 aliphatic heterocycles. The highest BCUT2D eigenvalue weighted by Gasteiger charge is 2.28. The first-order chi connectivity index (χ1) is 7.68. The highest BCUT2D eigenvalue weighted by Crippen LogP contribution is 2.20. The number of nitrogens with zero attached hydrogens (tertiary/aromatic N) is 1. The van der Waals surface area contributed by atoms with Gasteiger partial charge in [-0.15, -0.1) is 0 Å². The summed E-state index contributed by atoms with van der Waals surface area (Å²) in [6.45, 7) is 0. The Morgan fingerprint density at radius 3 is 2.50 bits per heavy atom. The smallest absolute Gasteiger partial charge is 0.235 e. The van der Waals surface area contributed by atoms with Crippen LogP contribution in [0.4, 0.5) is 5.69 Å². The molecular weight excluding hydrogens is 204 g/mol. The molecule has 0 spiro atoms. The summed E-state index contributed by atoms with van der Waals surface area (Å²) in [5.74, 6) is -0.370. The van der Waals surface area contributed by atoms with Crippen molar-refractivity contribution in [2.75, 3.05) is 4.90 Å². The highest BCUT2D eigenvalue weighted by atomic mass is 16.2. The standard InChI is InChI=1S/C12H14N2O2/c13-9-6-7-11(15)14(12(16)8-9)10-4-2-1-3-5-10/h1-5,9H,6-8,13H2. The number of imide groups is 1. The molecule has 0 bridgehead atoms. The number of carbonyl (C=O) groups is 2. The molecule has 1 aliphatic rings. The molecule has 1 fully saturated rings. The number of para-hydroxylation sites is 1. The van der Waals surface area contributed by atoms with Crippen LogP contribution in [-0.4, -0.2) is 17.9 Å². The van der Waals surface area contributed by atoms with E-state index in [1.54, 1.807) is 24.3 Å². The van der Waals surface area contributed by atoms with E-state index in [-0.39, 0.29) is 24.3 Å². The summed E-state index contributed by atoms with van der Waals surface area (Å²) in [5.41, 5.74) is 6.36. The average Bonchev–Trinajstić information content (AvgIpc) is 2.39. The van der Waals surface area contributed by atoms with Gasteiger partial charge < -0.3 is 5.73 Å². The summed E-state index contributed by atoms with van der Waals surface area (Å²) >= 11 is 0. The molecule has 1 heterocycles. The molecule has 4 nitrogen and oxygen atoms in total. The number of carbonyl (C=O) groups excluding carboxylic acids is 2. The summed E-state index contributed by atoms with van der Waals surface area (Å²) in [5, 5.41) is 0. The van der Waals surface area contributed by atoms with Crippen LogP contribution in [0, 0.1) is 0 Å². The maximum Gasteiger partial charge on any atom is 0.235 e. The van der Waals surface area contributed by atoms with Crippen LogP contribution >= 0.6 is 0 Å². The van der Waals surface area contributed by atoms with Gasteiger partial charge in [0.2, 0.25) is 11.8 Å². The van der Waals surface area contributed by atoms with Crippen molar-refractivity contribution >= 4 is 17.5 Å². The van der Waals surface area contributed by atoms with Gasteiger partial charge in [0.15, 0.2) is 0 Å². The van der Waals surface area contributed by atoms with Gasteiger partial charge in [-0.2, -0.15) is 0 Å². The van der Waals surface area contributed by atoms with E-state index in [9.17, 15) is 9.59 Å². The second-order valence-corrected chi connectivity index (χ2v) is 3.96. The van der Waals surface area contributed by atoms with Crippen LogP contribution in [0.3, 0.4) is 0 Å². The van der Waals surface area contributed by atoms with E-state index in [4.69, 9.17) is 5.73 Å². The van der Waals surface area contributed by atoms with Crippen LogP contribution in [0.15, 0.2) is 30.3 Å². The largest absolute Gasteiger partial charge is 0.327 e. The molecule has 1 aromatic rings. The van der Waals surface area contributed by atoms with Crippen molar-refractivity contribution in [2.24, 2.45) is 5.73 Å². The molecule has 2 rings (SSSR count). The molecule has 0 saturated carbocycles. The van der Waals surface area contributed by atoms with Gasteiger partial charge in [0.05, 0.1) is 5.69 Å². The third-order valence-corrected chi connectivity index (χ3v) is 2.68. The average molecular weight is 218 g/mol. The SMILES string of the molecule is NC1CCC(=O)N(c2ccccc2)C(=O)C1. The molecule has 1 saturated heterocycles. The normalized spacial score (nSPS) is 22.1. The molecule has 0 radical (unpaired) electrons. The first-order valence-corrected chi connectivity index (χ1v) is 5.35. The predicted octanol–water partition coefficient (Wildman–Crippen LogP) is 1.06. The van der Waals surface area contributed by atoms with Gasteiger partial charge in [0, 0.05) is 18.9 Å². The quantitative estimate of drug-likeness (QED) is 0.717. The van der Waals surface area contributed by atoms with E-state index in [1.807, 2.05) is 6.07 Å². The van der Waals surface area contributed by atoms with Crippen molar-refractivity contribution in [3.8, 4) is 0 Å². The molecule has 84 valence electrons. The Balaban J connectivity index is 2.31. The lowest BCUT2D eigenvalue weighted by Gasteiger charge is -2.18. The Labute approximate surface area is 94.0 Å². The fourth-order valence-corrected chi connectivity index (χ4v) is 1.84. The predicted molar refractivity (Wildman–Crippen MR) is 60.8 cm³/mol. The third-order valence-electron chi connectivity index (χ3n) is 2.68. The molecule has 2 amide bonds. The number of nitrogens with two attached hydrogens (primary N) is 1. The maximum atomic E-state index is 11.9. The van der Waals surface area contributed by atoms with Crippen LogP contribution in [0.25, 0.3) is 0 Å². The van der Waals surface area contributed by atoms with Crippen molar-refractivity contribution in [1.82, 2.24) is 0 Å². The zero-order chi connectivity index (χ0) is 11.5. The fourth-order valence-electron chi connectivity index (χ4n) is 1.84. The Kier molecular flexibility index (Phi) is 3.01. The topological polar surface area (TPSA) is 63.4 Å². The zero-order valence-electron chi connectivity index (χ0n) is 8.93. The lowest BCUT2D eigenvalue weighted by molar-refractivity contribution is -0.125. The summed E-state index contributed by atoms with van der Waals surface area (Å²) < 4.78 is 0. The number of amides is 2. The lowest BCUT2D eigenvalue weighted by Crippen LogP contribution is -2.36. The number of rotatable bonds is 1. The number of benzene rings is 1. The van der Waals surface area contributed by atoms with Crippen molar-refractivity contribution in [3.05, 3.63) is 30.3 Å². The molecule has 1 atom stereocenters. The van der Waals surface area contributed by atoms with Gasteiger partial charge in [-0.3, -0.25) is 14.5 Å². The van der Waals surface area contributed by atoms with Gasteiger partial charge in [-0.1, -0.05) is 18.2 Å².